The molecule has 0 radical (unpaired) electrons. The Hall–Kier alpha value is -1.79. The van der Waals surface area contributed by atoms with Crippen molar-refractivity contribution >= 4 is 19.7 Å². The van der Waals surface area contributed by atoms with Crippen LogP contribution in [0.3, 0.4) is 0 Å². The van der Waals surface area contributed by atoms with Crippen molar-refractivity contribution in [1.29, 1.82) is 0 Å². The number of halogens is 1. The van der Waals surface area contributed by atoms with Gasteiger partial charge < -0.3 is 9.47 Å². The topological polar surface area (TPSA) is 65.5 Å². The lowest BCUT2D eigenvalue weighted by Crippen LogP contribution is -2.01. The monoisotopic (exact) mass is 313 g/mol. The molecule has 2 rings (SSSR count). The van der Waals surface area contributed by atoms with E-state index in [0.29, 0.717) is 12.4 Å². The number of hydrogen-bond acceptors (Lipinski definition) is 5. The Balaban J connectivity index is 2.23. The van der Waals surface area contributed by atoms with E-state index in [1.807, 2.05) is 30.3 Å². The molecule has 0 bridgehead atoms. The highest BCUT2D eigenvalue weighted by atomic mass is 35.7. The van der Waals surface area contributed by atoms with Gasteiger partial charge in [0.2, 0.25) is 5.88 Å². The molecule has 0 saturated carbocycles. The van der Waals surface area contributed by atoms with E-state index in [1.54, 1.807) is 0 Å². The number of rotatable bonds is 5. The molecule has 0 aliphatic carbocycles. The molecule has 7 heteroatoms. The van der Waals surface area contributed by atoms with E-state index in [1.165, 1.54) is 19.2 Å². The third-order valence-electron chi connectivity index (χ3n) is 2.46. The molecule has 0 amide bonds. The molecule has 0 saturated heterocycles. The SMILES string of the molecule is COc1cc(OCc2ccccc2)cc(S(=O)(=O)Cl)n1. The van der Waals surface area contributed by atoms with E-state index < -0.39 is 9.05 Å². The Morgan fingerprint density at radius 3 is 2.50 bits per heavy atom. The summed E-state index contributed by atoms with van der Waals surface area (Å²) >= 11 is 0. The van der Waals surface area contributed by atoms with Gasteiger partial charge in [0.25, 0.3) is 9.05 Å². The zero-order valence-corrected chi connectivity index (χ0v) is 12.2. The van der Waals surface area contributed by atoms with Crippen LogP contribution < -0.4 is 9.47 Å². The maximum Gasteiger partial charge on any atom is 0.278 e. The second kappa shape index (κ2) is 6.11. The normalized spacial score (nSPS) is 11.1. The molecule has 5 nitrogen and oxygen atoms in total. The average Bonchev–Trinajstić information content (AvgIpc) is 2.45. The highest BCUT2D eigenvalue weighted by Crippen LogP contribution is 2.24. The molecule has 0 aliphatic heterocycles. The van der Waals surface area contributed by atoms with Crippen molar-refractivity contribution in [2.75, 3.05) is 7.11 Å². The lowest BCUT2D eigenvalue weighted by molar-refractivity contribution is 0.300. The highest BCUT2D eigenvalue weighted by Gasteiger charge is 2.15. The summed E-state index contributed by atoms with van der Waals surface area (Å²) in [7, 11) is 2.72. The Labute approximate surface area is 121 Å². The van der Waals surface area contributed by atoms with Crippen molar-refractivity contribution < 1.29 is 17.9 Å². The van der Waals surface area contributed by atoms with Gasteiger partial charge in [-0.15, -0.1) is 0 Å². The fourth-order valence-corrected chi connectivity index (χ4v) is 2.20. The molecular formula is C13H12ClNO4S. The van der Waals surface area contributed by atoms with Crippen LogP contribution in [-0.2, 0) is 15.7 Å². The Morgan fingerprint density at radius 1 is 1.20 bits per heavy atom. The number of hydrogen-bond donors (Lipinski definition) is 0. The molecule has 0 N–H and O–H groups in total. The summed E-state index contributed by atoms with van der Waals surface area (Å²) in [6.45, 7) is 0.301. The largest absolute Gasteiger partial charge is 0.489 e. The summed E-state index contributed by atoms with van der Waals surface area (Å²) in [5.41, 5.74) is 0.957. The van der Waals surface area contributed by atoms with Crippen LogP contribution in [0.4, 0.5) is 0 Å². The second-order valence-corrected chi connectivity index (χ2v) is 6.41. The van der Waals surface area contributed by atoms with Crippen LogP contribution in [-0.4, -0.2) is 20.5 Å². The Kier molecular flexibility index (Phi) is 4.46. The first-order valence-corrected chi connectivity index (χ1v) is 7.97. The average molecular weight is 314 g/mol. The minimum absolute atomic E-state index is 0.120. The third-order valence-corrected chi connectivity index (χ3v) is 3.64. The fourth-order valence-electron chi connectivity index (χ4n) is 1.51. The van der Waals surface area contributed by atoms with Crippen LogP contribution in [0.25, 0.3) is 0 Å². The van der Waals surface area contributed by atoms with Crippen LogP contribution in [0, 0.1) is 0 Å². The minimum Gasteiger partial charge on any atom is -0.489 e. The van der Waals surface area contributed by atoms with Gasteiger partial charge >= 0.3 is 0 Å². The third kappa shape index (κ3) is 3.85. The van der Waals surface area contributed by atoms with Gasteiger partial charge in [-0.25, -0.2) is 13.4 Å². The number of pyridine rings is 1. The van der Waals surface area contributed by atoms with E-state index in [0.717, 1.165) is 5.56 Å². The molecule has 0 atom stereocenters. The molecule has 1 aromatic carbocycles. The van der Waals surface area contributed by atoms with E-state index >= 15 is 0 Å². The molecule has 2 aromatic rings. The predicted octanol–water partition coefficient (Wildman–Crippen LogP) is 2.60. The lowest BCUT2D eigenvalue weighted by Gasteiger charge is -2.09. The van der Waals surface area contributed by atoms with Gasteiger partial charge in [-0.05, 0) is 5.56 Å². The molecule has 1 heterocycles. The molecule has 20 heavy (non-hydrogen) atoms. The van der Waals surface area contributed by atoms with Crippen LogP contribution in [0.5, 0.6) is 11.6 Å². The quantitative estimate of drug-likeness (QED) is 0.794. The maximum atomic E-state index is 11.3. The summed E-state index contributed by atoms with van der Waals surface area (Å²) in [4.78, 5) is 3.76. The fraction of sp³-hybridized carbons (Fsp3) is 0.154. The highest BCUT2D eigenvalue weighted by molar-refractivity contribution is 8.13. The van der Waals surface area contributed by atoms with Gasteiger partial charge in [-0.3, -0.25) is 0 Å². The summed E-state index contributed by atoms with van der Waals surface area (Å²) in [5, 5.41) is -0.304. The number of benzene rings is 1. The maximum absolute atomic E-state index is 11.3. The molecule has 1 aromatic heterocycles. The number of aromatic nitrogens is 1. The Morgan fingerprint density at radius 2 is 1.90 bits per heavy atom. The van der Waals surface area contributed by atoms with Gasteiger partial charge in [0.15, 0.2) is 5.03 Å². The van der Waals surface area contributed by atoms with Crippen LogP contribution in [0.1, 0.15) is 5.56 Å². The Bertz CT molecular complexity index is 689. The first-order chi connectivity index (χ1) is 9.49. The molecule has 0 unspecified atom stereocenters. The number of nitrogens with zero attached hydrogens (tertiary/aromatic N) is 1. The number of methoxy groups -OCH3 is 1. The molecule has 0 aliphatic rings. The van der Waals surface area contributed by atoms with Crippen molar-refractivity contribution in [3.8, 4) is 11.6 Å². The van der Waals surface area contributed by atoms with Gasteiger partial charge in [0.05, 0.1) is 7.11 Å². The van der Waals surface area contributed by atoms with Crippen LogP contribution in [0.15, 0.2) is 47.5 Å². The summed E-state index contributed by atoms with van der Waals surface area (Å²) in [5.74, 6) is 0.440. The van der Waals surface area contributed by atoms with Crippen LogP contribution in [0.2, 0.25) is 0 Å². The molecular weight excluding hydrogens is 302 g/mol. The van der Waals surface area contributed by atoms with Gasteiger partial charge in [-0.2, -0.15) is 0 Å². The van der Waals surface area contributed by atoms with Crippen molar-refractivity contribution in [1.82, 2.24) is 4.98 Å². The molecule has 106 valence electrons. The zero-order valence-electron chi connectivity index (χ0n) is 10.6. The van der Waals surface area contributed by atoms with E-state index in [-0.39, 0.29) is 10.9 Å². The van der Waals surface area contributed by atoms with E-state index in [4.69, 9.17) is 20.2 Å². The van der Waals surface area contributed by atoms with Crippen molar-refractivity contribution in [2.24, 2.45) is 0 Å². The summed E-state index contributed by atoms with van der Waals surface area (Å²) in [6.07, 6.45) is 0. The standard InChI is InChI=1S/C13H12ClNO4S/c1-18-12-7-11(8-13(15-12)20(14,16)17)19-9-10-5-3-2-4-6-10/h2-8H,9H2,1H3. The first kappa shape index (κ1) is 14.6. The van der Waals surface area contributed by atoms with Crippen LogP contribution >= 0.6 is 10.7 Å². The van der Waals surface area contributed by atoms with Crippen molar-refractivity contribution in [3.05, 3.63) is 48.0 Å². The first-order valence-electron chi connectivity index (χ1n) is 5.66. The lowest BCUT2D eigenvalue weighted by atomic mass is 10.2. The van der Waals surface area contributed by atoms with Crippen molar-refractivity contribution in [3.63, 3.8) is 0 Å². The van der Waals surface area contributed by atoms with Gasteiger partial charge in [0.1, 0.15) is 12.4 Å². The van der Waals surface area contributed by atoms with E-state index in [9.17, 15) is 8.42 Å². The zero-order chi connectivity index (χ0) is 14.6. The van der Waals surface area contributed by atoms with Gasteiger partial charge in [0, 0.05) is 22.8 Å². The summed E-state index contributed by atoms with van der Waals surface area (Å²) in [6, 6.07) is 12.2. The number of ether oxygens (including phenoxy) is 2. The van der Waals surface area contributed by atoms with Crippen molar-refractivity contribution in [2.45, 2.75) is 11.6 Å². The van der Waals surface area contributed by atoms with Gasteiger partial charge in [-0.1, -0.05) is 30.3 Å². The smallest absolute Gasteiger partial charge is 0.278 e. The van der Waals surface area contributed by atoms with E-state index in [2.05, 4.69) is 4.98 Å². The second-order valence-electron chi connectivity index (χ2n) is 3.90. The molecule has 0 spiro atoms. The minimum atomic E-state index is -3.94. The predicted molar refractivity (Wildman–Crippen MR) is 74.6 cm³/mol. The molecule has 0 fully saturated rings. The summed E-state index contributed by atoms with van der Waals surface area (Å²) < 4.78 is 33.1.